The standard InChI is InChI=1S/C18H21NO3S2/c1-3-14-6-8-15(9-7-14)19-18(21)13(2)22-17(20)12-23-11-16-5-4-10-24-16/h4-10,13H,3,11-12H2,1-2H3,(H,19,21)/t13-/m0/s1. The van der Waals surface area contributed by atoms with Crippen LogP contribution >= 0.6 is 23.1 Å². The molecule has 6 heteroatoms. The fourth-order valence-corrected chi connectivity index (χ4v) is 3.63. The zero-order valence-electron chi connectivity index (χ0n) is 13.8. The third-order valence-corrected chi connectivity index (χ3v) is 5.37. The van der Waals surface area contributed by atoms with Crippen molar-refractivity contribution in [1.29, 1.82) is 0 Å². The second kappa shape index (κ2) is 9.49. The molecule has 0 saturated heterocycles. The van der Waals surface area contributed by atoms with Crippen molar-refractivity contribution in [3.8, 4) is 0 Å². The summed E-state index contributed by atoms with van der Waals surface area (Å²) in [5, 5.41) is 4.76. The van der Waals surface area contributed by atoms with E-state index in [0.717, 1.165) is 12.2 Å². The number of esters is 1. The second-order valence-corrected chi connectivity index (χ2v) is 7.26. The number of hydrogen-bond donors (Lipinski definition) is 1. The monoisotopic (exact) mass is 363 g/mol. The molecule has 1 heterocycles. The van der Waals surface area contributed by atoms with Gasteiger partial charge in [0, 0.05) is 16.3 Å². The number of amides is 1. The summed E-state index contributed by atoms with van der Waals surface area (Å²) in [4.78, 5) is 25.1. The van der Waals surface area contributed by atoms with Gasteiger partial charge >= 0.3 is 5.97 Å². The summed E-state index contributed by atoms with van der Waals surface area (Å²) >= 11 is 3.15. The molecular weight excluding hydrogens is 342 g/mol. The van der Waals surface area contributed by atoms with Crippen molar-refractivity contribution in [2.24, 2.45) is 0 Å². The lowest BCUT2D eigenvalue weighted by Gasteiger charge is -2.13. The largest absolute Gasteiger partial charge is 0.452 e. The summed E-state index contributed by atoms with van der Waals surface area (Å²) in [5.74, 6) is 0.314. The maximum absolute atomic E-state index is 12.1. The first-order valence-electron chi connectivity index (χ1n) is 7.78. The molecule has 1 atom stereocenters. The van der Waals surface area contributed by atoms with Gasteiger partial charge in [0.15, 0.2) is 6.10 Å². The van der Waals surface area contributed by atoms with Crippen LogP contribution in [0.15, 0.2) is 41.8 Å². The SMILES string of the molecule is CCc1ccc(NC(=O)[C@H](C)OC(=O)CSCc2cccs2)cc1. The molecule has 1 aromatic heterocycles. The highest BCUT2D eigenvalue weighted by molar-refractivity contribution is 7.99. The van der Waals surface area contributed by atoms with Crippen LogP contribution in [0, 0.1) is 0 Å². The molecule has 2 rings (SSSR count). The number of aryl methyl sites for hydroxylation is 1. The molecule has 1 amide bonds. The lowest BCUT2D eigenvalue weighted by molar-refractivity contribution is -0.150. The van der Waals surface area contributed by atoms with Gasteiger partial charge in [-0.3, -0.25) is 9.59 Å². The Morgan fingerprint density at radius 3 is 2.62 bits per heavy atom. The van der Waals surface area contributed by atoms with Gasteiger partial charge in [-0.1, -0.05) is 25.1 Å². The molecule has 0 fully saturated rings. The van der Waals surface area contributed by atoms with E-state index in [1.165, 1.54) is 22.2 Å². The topological polar surface area (TPSA) is 55.4 Å². The van der Waals surface area contributed by atoms with E-state index >= 15 is 0 Å². The van der Waals surface area contributed by atoms with Crippen molar-refractivity contribution >= 4 is 40.7 Å². The number of rotatable bonds is 8. The Balaban J connectivity index is 1.72. The lowest BCUT2D eigenvalue weighted by Crippen LogP contribution is -2.30. The first kappa shape index (κ1) is 18.5. The van der Waals surface area contributed by atoms with Crippen LogP contribution in [0.3, 0.4) is 0 Å². The van der Waals surface area contributed by atoms with Crippen molar-refractivity contribution < 1.29 is 14.3 Å². The Morgan fingerprint density at radius 1 is 1.25 bits per heavy atom. The number of thiophene rings is 1. The van der Waals surface area contributed by atoms with E-state index < -0.39 is 6.10 Å². The molecule has 4 nitrogen and oxygen atoms in total. The highest BCUT2D eigenvalue weighted by Crippen LogP contribution is 2.17. The molecular formula is C18H21NO3S2. The Hall–Kier alpha value is -1.79. The van der Waals surface area contributed by atoms with Crippen molar-refractivity contribution in [3.63, 3.8) is 0 Å². The van der Waals surface area contributed by atoms with Crippen molar-refractivity contribution in [2.75, 3.05) is 11.1 Å². The van der Waals surface area contributed by atoms with Gasteiger partial charge in [-0.05, 0) is 42.5 Å². The summed E-state index contributed by atoms with van der Waals surface area (Å²) in [6, 6.07) is 11.6. The van der Waals surface area contributed by atoms with Gasteiger partial charge in [0.2, 0.25) is 0 Å². The van der Waals surface area contributed by atoms with E-state index in [4.69, 9.17) is 4.74 Å². The van der Waals surface area contributed by atoms with Crippen LogP contribution in [0.4, 0.5) is 5.69 Å². The second-order valence-electron chi connectivity index (χ2n) is 5.24. The first-order valence-corrected chi connectivity index (χ1v) is 9.81. The molecule has 0 radical (unpaired) electrons. The molecule has 0 unspecified atom stereocenters. The normalized spacial score (nSPS) is 11.8. The molecule has 24 heavy (non-hydrogen) atoms. The number of anilines is 1. The Bertz CT molecular complexity index is 653. The van der Waals surface area contributed by atoms with Crippen LogP contribution in [0.2, 0.25) is 0 Å². The summed E-state index contributed by atoms with van der Waals surface area (Å²) in [5.41, 5.74) is 1.91. The number of hydrogen-bond acceptors (Lipinski definition) is 5. The predicted molar refractivity (Wildman–Crippen MR) is 100 cm³/mol. The molecule has 1 N–H and O–H groups in total. The van der Waals surface area contributed by atoms with Crippen LogP contribution in [0.1, 0.15) is 24.3 Å². The maximum atomic E-state index is 12.1. The van der Waals surface area contributed by atoms with Gasteiger partial charge in [-0.25, -0.2) is 0 Å². The molecule has 0 bridgehead atoms. The highest BCUT2D eigenvalue weighted by atomic mass is 32.2. The van der Waals surface area contributed by atoms with E-state index in [1.807, 2.05) is 41.8 Å². The van der Waals surface area contributed by atoms with E-state index in [2.05, 4.69) is 12.2 Å². The predicted octanol–water partition coefficient (Wildman–Crippen LogP) is 4.11. The minimum Gasteiger partial charge on any atom is -0.452 e. The minimum absolute atomic E-state index is 0.237. The number of carbonyl (C=O) groups excluding carboxylic acids is 2. The molecule has 0 aliphatic heterocycles. The van der Waals surface area contributed by atoms with Crippen LogP contribution < -0.4 is 5.32 Å². The zero-order valence-corrected chi connectivity index (χ0v) is 15.4. The molecule has 1 aromatic carbocycles. The van der Waals surface area contributed by atoms with Gasteiger partial charge < -0.3 is 10.1 Å². The third kappa shape index (κ3) is 6.02. The lowest BCUT2D eigenvalue weighted by atomic mass is 10.1. The Kier molecular flexibility index (Phi) is 7.34. The van der Waals surface area contributed by atoms with Crippen LogP contribution in [0.25, 0.3) is 0 Å². The van der Waals surface area contributed by atoms with Crippen LogP contribution in [-0.2, 0) is 26.5 Å². The molecule has 0 saturated carbocycles. The molecule has 0 spiro atoms. The minimum atomic E-state index is -0.814. The van der Waals surface area contributed by atoms with Gasteiger partial charge in [0.1, 0.15) is 0 Å². The number of nitrogens with one attached hydrogen (secondary N) is 1. The first-order chi connectivity index (χ1) is 11.6. The van der Waals surface area contributed by atoms with Gasteiger partial charge in [0.25, 0.3) is 5.91 Å². The summed E-state index contributed by atoms with van der Waals surface area (Å²) in [7, 11) is 0. The summed E-state index contributed by atoms with van der Waals surface area (Å²) in [6.07, 6.45) is 0.136. The van der Waals surface area contributed by atoms with Crippen LogP contribution in [0.5, 0.6) is 0 Å². The maximum Gasteiger partial charge on any atom is 0.316 e. The van der Waals surface area contributed by atoms with Crippen molar-refractivity contribution in [3.05, 3.63) is 52.2 Å². The van der Waals surface area contributed by atoms with Gasteiger partial charge in [0.05, 0.1) is 5.75 Å². The zero-order chi connectivity index (χ0) is 17.4. The van der Waals surface area contributed by atoms with E-state index in [-0.39, 0.29) is 17.6 Å². The fraction of sp³-hybridized carbons (Fsp3) is 0.333. The summed E-state index contributed by atoms with van der Waals surface area (Å²) < 4.78 is 5.18. The van der Waals surface area contributed by atoms with Gasteiger partial charge in [-0.2, -0.15) is 0 Å². The van der Waals surface area contributed by atoms with Crippen molar-refractivity contribution in [1.82, 2.24) is 0 Å². The highest BCUT2D eigenvalue weighted by Gasteiger charge is 2.17. The smallest absolute Gasteiger partial charge is 0.316 e. The molecule has 0 aliphatic rings. The van der Waals surface area contributed by atoms with E-state index in [0.29, 0.717) is 5.69 Å². The number of thioether (sulfide) groups is 1. The summed E-state index contributed by atoms with van der Waals surface area (Å²) in [6.45, 7) is 3.66. The Labute approximate surface area is 150 Å². The van der Waals surface area contributed by atoms with Gasteiger partial charge in [-0.15, -0.1) is 23.1 Å². The third-order valence-electron chi connectivity index (χ3n) is 3.35. The van der Waals surface area contributed by atoms with Crippen molar-refractivity contribution in [2.45, 2.75) is 32.1 Å². The van der Waals surface area contributed by atoms with E-state index in [9.17, 15) is 9.59 Å². The quantitative estimate of drug-likeness (QED) is 0.717. The Morgan fingerprint density at radius 2 is 2.00 bits per heavy atom. The number of benzene rings is 1. The average molecular weight is 364 g/mol. The number of ether oxygens (including phenoxy) is 1. The molecule has 128 valence electrons. The number of carbonyl (C=O) groups is 2. The van der Waals surface area contributed by atoms with Crippen LogP contribution in [-0.4, -0.2) is 23.7 Å². The molecule has 0 aliphatic carbocycles. The van der Waals surface area contributed by atoms with E-state index in [1.54, 1.807) is 18.3 Å². The fourth-order valence-electron chi connectivity index (χ4n) is 1.98. The molecule has 2 aromatic rings. The average Bonchev–Trinajstić information content (AvgIpc) is 3.08.